The number of carbonyl (C=O) groups is 3. The number of carbonyl (C=O) groups excluding carboxylic acids is 3. The fraction of sp³-hybridized carbons (Fsp3) is 0.143. The molecule has 2 aromatic carbocycles. The summed E-state index contributed by atoms with van der Waals surface area (Å²) < 4.78 is 1.97. The molecule has 37 heavy (non-hydrogen) atoms. The zero-order valence-corrected chi connectivity index (χ0v) is 20.3. The largest absolute Gasteiger partial charge is 0.357 e. The van der Waals surface area contributed by atoms with Crippen molar-refractivity contribution in [1.82, 2.24) is 19.4 Å². The first-order valence-electron chi connectivity index (χ1n) is 11.9. The minimum atomic E-state index is -0.357. The van der Waals surface area contributed by atoms with Gasteiger partial charge in [-0.05, 0) is 49.4 Å². The molecule has 0 spiro atoms. The number of rotatable bonds is 6. The predicted molar refractivity (Wildman–Crippen MR) is 141 cm³/mol. The molecule has 0 atom stereocenters. The molecule has 9 nitrogen and oxygen atoms in total. The molecule has 0 saturated heterocycles. The van der Waals surface area contributed by atoms with Gasteiger partial charge in [0.25, 0.3) is 11.8 Å². The number of anilines is 2. The zero-order valence-electron chi connectivity index (χ0n) is 20.3. The Morgan fingerprint density at radius 1 is 1.00 bits per heavy atom. The standard InChI is InChI=1S/C28H26N6O3/c1-3-24(35)30-21-7-4-6-19(16-21)26-32-25(27(36)31-20-11-9-18(2)10-12-20)23-17-33(14-15-34(23)26)28(37)22-8-5-13-29-22/h3-13,16,29H,1,14-15,17H2,2H3,(H,30,35)(H,31,36). The first-order chi connectivity index (χ1) is 17.9. The molecular formula is C28H26N6O3. The van der Waals surface area contributed by atoms with Crippen LogP contribution in [0.25, 0.3) is 11.4 Å². The summed E-state index contributed by atoms with van der Waals surface area (Å²) in [6.07, 6.45) is 2.91. The second kappa shape index (κ2) is 9.98. The SMILES string of the molecule is C=CC(=O)Nc1cccc(-c2nc(C(=O)Nc3ccc(C)cc3)c3n2CCN(C(=O)c2ccc[nH]2)C3)c1. The van der Waals surface area contributed by atoms with E-state index in [9.17, 15) is 14.4 Å². The number of H-pyrrole nitrogens is 1. The van der Waals surface area contributed by atoms with E-state index in [0.29, 0.717) is 41.7 Å². The number of aromatic amines is 1. The minimum Gasteiger partial charge on any atom is -0.357 e. The van der Waals surface area contributed by atoms with Gasteiger partial charge in [0, 0.05) is 36.2 Å². The molecule has 0 fully saturated rings. The van der Waals surface area contributed by atoms with Crippen LogP contribution in [0, 0.1) is 6.92 Å². The summed E-state index contributed by atoms with van der Waals surface area (Å²) in [4.78, 5) is 47.7. The predicted octanol–water partition coefficient (Wildman–Crippen LogP) is 4.22. The molecule has 3 amide bonds. The summed E-state index contributed by atoms with van der Waals surface area (Å²) >= 11 is 0. The van der Waals surface area contributed by atoms with Crippen molar-refractivity contribution in [2.45, 2.75) is 20.0 Å². The van der Waals surface area contributed by atoms with E-state index in [0.717, 1.165) is 11.1 Å². The van der Waals surface area contributed by atoms with Crippen LogP contribution in [0.5, 0.6) is 0 Å². The van der Waals surface area contributed by atoms with Gasteiger partial charge >= 0.3 is 0 Å². The summed E-state index contributed by atoms with van der Waals surface area (Å²) in [7, 11) is 0. The number of imidazole rings is 1. The van der Waals surface area contributed by atoms with Gasteiger partial charge in [-0.3, -0.25) is 14.4 Å². The molecule has 186 valence electrons. The maximum Gasteiger partial charge on any atom is 0.276 e. The summed E-state index contributed by atoms with van der Waals surface area (Å²) in [5.41, 5.74) is 4.45. The number of fused-ring (bicyclic) bond motifs is 1. The average Bonchev–Trinajstić information content (AvgIpc) is 3.58. The maximum absolute atomic E-state index is 13.4. The third-order valence-corrected chi connectivity index (χ3v) is 6.22. The van der Waals surface area contributed by atoms with Gasteiger partial charge in [0.2, 0.25) is 5.91 Å². The molecule has 3 N–H and O–H groups in total. The van der Waals surface area contributed by atoms with E-state index in [1.165, 1.54) is 6.08 Å². The second-order valence-corrected chi connectivity index (χ2v) is 8.79. The molecular weight excluding hydrogens is 468 g/mol. The fourth-order valence-electron chi connectivity index (χ4n) is 4.33. The lowest BCUT2D eigenvalue weighted by Crippen LogP contribution is -2.39. The summed E-state index contributed by atoms with van der Waals surface area (Å²) in [6.45, 7) is 6.62. The first-order valence-corrected chi connectivity index (χ1v) is 11.9. The highest BCUT2D eigenvalue weighted by Gasteiger charge is 2.30. The van der Waals surface area contributed by atoms with Crippen LogP contribution in [0.2, 0.25) is 0 Å². The molecule has 9 heteroatoms. The minimum absolute atomic E-state index is 0.141. The van der Waals surface area contributed by atoms with Gasteiger partial charge < -0.3 is 25.1 Å². The van der Waals surface area contributed by atoms with Crippen molar-refractivity contribution in [1.29, 1.82) is 0 Å². The average molecular weight is 495 g/mol. The number of benzene rings is 2. The zero-order chi connectivity index (χ0) is 25.9. The Balaban J connectivity index is 1.52. The van der Waals surface area contributed by atoms with Gasteiger partial charge in [-0.1, -0.05) is 36.4 Å². The third kappa shape index (κ3) is 4.92. The molecule has 4 aromatic rings. The Kier molecular flexibility index (Phi) is 6.42. The number of aryl methyl sites for hydroxylation is 1. The number of nitrogens with zero attached hydrogens (tertiary/aromatic N) is 3. The maximum atomic E-state index is 13.4. The Labute approximate surface area is 213 Å². The van der Waals surface area contributed by atoms with E-state index in [1.807, 2.05) is 47.9 Å². The van der Waals surface area contributed by atoms with Crippen LogP contribution in [0.1, 0.15) is 32.2 Å². The lowest BCUT2D eigenvalue weighted by Gasteiger charge is -2.29. The van der Waals surface area contributed by atoms with Crippen LogP contribution in [0.3, 0.4) is 0 Å². The van der Waals surface area contributed by atoms with Crippen LogP contribution in [-0.4, -0.2) is 43.7 Å². The summed E-state index contributed by atoms with van der Waals surface area (Å²) in [5, 5.41) is 5.68. The molecule has 5 rings (SSSR count). The summed E-state index contributed by atoms with van der Waals surface area (Å²) in [6, 6.07) is 18.3. The van der Waals surface area contributed by atoms with Crippen molar-refractivity contribution in [3.05, 3.63) is 102 Å². The Hall–Kier alpha value is -4.92. The highest BCUT2D eigenvalue weighted by Crippen LogP contribution is 2.29. The number of nitrogens with one attached hydrogen (secondary N) is 3. The van der Waals surface area contributed by atoms with Crippen LogP contribution < -0.4 is 10.6 Å². The quantitative estimate of drug-likeness (QED) is 0.349. The molecule has 1 aliphatic heterocycles. The fourth-order valence-corrected chi connectivity index (χ4v) is 4.33. The molecule has 0 radical (unpaired) electrons. The highest BCUT2D eigenvalue weighted by molar-refractivity contribution is 6.04. The van der Waals surface area contributed by atoms with E-state index < -0.39 is 0 Å². The van der Waals surface area contributed by atoms with Gasteiger partial charge in [-0.25, -0.2) is 4.98 Å². The highest BCUT2D eigenvalue weighted by atomic mass is 16.2. The van der Waals surface area contributed by atoms with Crippen molar-refractivity contribution in [3.63, 3.8) is 0 Å². The van der Waals surface area contributed by atoms with Crippen LogP contribution in [0.15, 0.2) is 79.5 Å². The van der Waals surface area contributed by atoms with Crippen molar-refractivity contribution in [2.24, 2.45) is 0 Å². The monoisotopic (exact) mass is 494 g/mol. The van der Waals surface area contributed by atoms with Crippen molar-refractivity contribution < 1.29 is 14.4 Å². The molecule has 0 unspecified atom stereocenters. The van der Waals surface area contributed by atoms with Crippen molar-refractivity contribution >= 4 is 29.1 Å². The van der Waals surface area contributed by atoms with Crippen molar-refractivity contribution in [2.75, 3.05) is 17.2 Å². The van der Waals surface area contributed by atoms with Crippen LogP contribution >= 0.6 is 0 Å². The third-order valence-electron chi connectivity index (χ3n) is 6.22. The van der Waals surface area contributed by atoms with E-state index in [2.05, 4.69) is 22.2 Å². The second-order valence-electron chi connectivity index (χ2n) is 8.79. The van der Waals surface area contributed by atoms with Crippen molar-refractivity contribution in [3.8, 4) is 11.4 Å². The van der Waals surface area contributed by atoms with Gasteiger partial charge in [0.1, 0.15) is 11.5 Å². The lowest BCUT2D eigenvalue weighted by atomic mass is 10.1. The topological polar surface area (TPSA) is 112 Å². The van der Waals surface area contributed by atoms with E-state index in [-0.39, 0.29) is 30.0 Å². The smallest absolute Gasteiger partial charge is 0.276 e. The summed E-state index contributed by atoms with van der Waals surface area (Å²) in [5.74, 6) is -0.230. The number of hydrogen-bond donors (Lipinski definition) is 3. The van der Waals surface area contributed by atoms with E-state index in [1.54, 1.807) is 35.4 Å². The van der Waals surface area contributed by atoms with Gasteiger partial charge in [-0.2, -0.15) is 0 Å². The first kappa shape index (κ1) is 23.8. The van der Waals surface area contributed by atoms with E-state index >= 15 is 0 Å². The molecule has 2 aromatic heterocycles. The number of aromatic nitrogens is 3. The molecule has 0 aliphatic carbocycles. The number of hydrogen-bond acceptors (Lipinski definition) is 4. The van der Waals surface area contributed by atoms with Crippen LogP contribution in [0.4, 0.5) is 11.4 Å². The van der Waals surface area contributed by atoms with Gasteiger partial charge in [0.05, 0.1) is 12.2 Å². The molecule has 3 heterocycles. The van der Waals surface area contributed by atoms with E-state index in [4.69, 9.17) is 4.98 Å². The Morgan fingerprint density at radius 3 is 2.54 bits per heavy atom. The van der Waals surface area contributed by atoms with Crippen LogP contribution in [-0.2, 0) is 17.9 Å². The lowest BCUT2D eigenvalue weighted by molar-refractivity contribution is -0.111. The Morgan fingerprint density at radius 2 is 1.81 bits per heavy atom. The van der Waals surface area contributed by atoms with Gasteiger partial charge in [0.15, 0.2) is 5.69 Å². The number of amides is 3. The molecule has 0 bridgehead atoms. The Bertz CT molecular complexity index is 1480. The molecule has 0 saturated carbocycles. The normalized spacial score (nSPS) is 12.5. The molecule has 1 aliphatic rings. The van der Waals surface area contributed by atoms with Gasteiger partial charge in [-0.15, -0.1) is 0 Å².